The number of hydrogen-bond donors (Lipinski definition) is 0. The van der Waals surface area contributed by atoms with Gasteiger partial charge >= 0.3 is 6.18 Å². The summed E-state index contributed by atoms with van der Waals surface area (Å²) in [5.41, 5.74) is 2.15. The van der Waals surface area contributed by atoms with Gasteiger partial charge in [-0.1, -0.05) is 6.07 Å². The number of pyridine rings is 1. The first-order valence-electron chi connectivity index (χ1n) is 11.9. The number of carbonyl (C=O) groups excluding carboxylic acids is 1. The summed E-state index contributed by atoms with van der Waals surface area (Å²) in [4.78, 5) is 19.2. The standard InChI is InChI=1S/C27H21F5N4O/c1-35-25(16-10-17(28)12-18(29)11-16)20-13-19-3-2-4-22(24(20)34-35)36(19)26(37)15-5-7-21-14(9-15)6-8-23(33-21)27(30,31)32/h5-12,19,22H,2-4,13H2,1H3/t19-,22+/m0/s1. The molecule has 37 heavy (non-hydrogen) atoms. The van der Waals surface area contributed by atoms with E-state index in [0.717, 1.165) is 30.5 Å². The molecule has 1 amide bonds. The zero-order valence-corrected chi connectivity index (χ0v) is 19.7. The highest BCUT2D eigenvalue weighted by Gasteiger charge is 2.43. The van der Waals surface area contributed by atoms with Crippen molar-refractivity contribution in [3.05, 3.63) is 82.7 Å². The van der Waals surface area contributed by atoms with Crippen LogP contribution in [-0.4, -0.2) is 31.6 Å². The first kappa shape index (κ1) is 23.6. The molecule has 6 rings (SSSR count). The van der Waals surface area contributed by atoms with E-state index in [1.165, 1.54) is 30.3 Å². The van der Waals surface area contributed by atoms with E-state index in [9.17, 15) is 26.7 Å². The zero-order chi connectivity index (χ0) is 26.1. The average molecular weight is 512 g/mol. The van der Waals surface area contributed by atoms with Gasteiger partial charge in [0.1, 0.15) is 17.3 Å². The summed E-state index contributed by atoms with van der Waals surface area (Å²) in [6, 6.07) is 9.66. The molecule has 2 atom stereocenters. The Morgan fingerprint density at radius 2 is 1.76 bits per heavy atom. The van der Waals surface area contributed by atoms with Crippen LogP contribution in [0.4, 0.5) is 22.0 Å². The zero-order valence-electron chi connectivity index (χ0n) is 19.7. The molecule has 1 saturated heterocycles. The Labute approximate surface area is 208 Å². The van der Waals surface area contributed by atoms with Crippen molar-refractivity contribution >= 4 is 16.8 Å². The molecule has 190 valence electrons. The second-order valence-corrected chi connectivity index (χ2v) is 9.61. The van der Waals surface area contributed by atoms with E-state index >= 15 is 0 Å². The van der Waals surface area contributed by atoms with Crippen molar-refractivity contribution in [2.75, 3.05) is 0 Å². The average Bonchev–Trinajstić information content (AvgIpc) is 3.17. The van der Waals surface area contributed by atoms with Gasteiger partial charge in [-0.05, 0) is 62.1 Å². The fraction of sp³-hybridized carbons (Fsp3) is 0.296. The molecular weight excluding hydrogens is 491 g/mol. The highest BCUT2D eigenvalue weighted by Crippen LogP contribution is 2.45. The van der Waals surface area contributed by atoms with E-state index in [1.54, 1.807) is 17.8 Å². The Bertz CT molecular complexity index is 1540. The number of aryl methyl sites for hydroxylation is 1. The maximum absolute atomic E-state index is 14.0. The third-order valence-corrected chi connectivity index (χ3v) is 7.27. The quantitative estimate of drug-likeness (QED) is 0.300. The largest absolute Gasteiger partial charge is 0.433 e. The van der Waals surface area contributed by atoms with Crippen LogP contribution >= 0.6 is 0 Å². The summed E-state index contributed by atoms with van der Waals surface area (Å²) >= 11 is 0. The number of carbonyl (C=O) groups is 1. The molecule has 5 nitrogen and oxygen atoms in total. The van der Waals surface area contributed by atoms with E-state index in [4.69, 9.17) is 0 Å². The molecule has 0 spiro atoms. The lowest BCUT2D eigenvalue weighted by Crippen LogP contribution is -2.49. The molecule has 2 aromatic carbocycles. The highest BCUT2D eigenvalue weighted by molar-refractivity contribution is 5.98. The molecule has 2 aliphatic rings. The molecule has 2 bridgehead atoms. The van der Waals surface area contributed by atoms with Gasteiger partial charge in [0.05, 0.1) is 22.9 Å². The van der Waals surface area contributed by atoms with Gasteiger partial charge in [0.15, 0.2) is 0 Å². The fourth-order valence-electron chi connectivity index (χ4n) is 5.77. The molecule has 0 N–H and O–H groups in total. The van der Waals surface area contributed by atoms with Gasteiger partial charge in [-0.2, -0.15) is 18.3 Å². The van der Waals surface area contributed by atoms with E-state index in [-0.39, 0.29) is 23.5 Å². The summed E-state index contributed by atoms with van der Waals surface area (Å²) in [6.07, 6.45) is -1.71. The first-order chi connectivity index (χ1) is 17.6. The molecule has 2 aliphatic heterocycles. The maximum Gasteiger partial charge on any atom is 0.433 e. The van der Waals surface area contributed by atoms with Gasteiger partial charge in [-0.3, -0.25) is 9.48 Å². The highest BCUT2D eigenvalue weighted by atomic mass is 19.4. The van der Waals surface area contributed by atoms with Gasteiger partial charge in [0.2, 0.25) is 0 Å². The van der Waals surface area contributed by atoms with Gasteiger partial charge in [0.25, 0.3) is 5.91 Å². The molecule has 0 aliphatic carbocycles. The number of hydrogen-bond acceptors (Lipinski definition) is 3. The van der Waals surface area contributed by atoms with Crippen LogP contribution in [0.1, 0.15) is 52.6 Å². The monoisotopic (exact) mass is 512 g/mol. The van der Waals surface area contributed by atoms with Crippen LogP contribution in [0.2, 0.25) is 0 Å². The normalized spacial score (nSPS) is 19.2. The fourth-order valence-corrected chi connectivity index (χ4v) is 5.77. The Morgan fingerprint density at radius 1 is 1.00 bits per heavy atom. The molecule has 4 aromatic rings. The lowest BCUT2D eigenvalue weighted by atomic mass is 9.81. The van der Waals surface area contributed by atoms with Crippen LogP contribution in [0.3, 0.4) is 0 Å². The van der Waals surface area contributed by atoms with Gasteiger partial charge < -0.3 is 4.90 Å². The van der Waals surface area contributed by atoms with E-state index in [2.05, 4.69) is 10.1 Å². The van der Waals surface area contributed by atoms with Crippen molar-refractivity contribution in [2.45, 2.75) is 43.9 Å². The molecule has 2 aromatic heterocycles. The Morgan fingerprint density at radius 3 is 2.49 bits per heavy atom. The minimum atomic E-state index is -4.55. The molecule has 10 heteroatoms. The minimum absolute atomic E-state index is 0.137. The molecule has 1 fully saturated rings. The number of aromatic nitrogens is 3. The number of fused-ring (bicyclic) bond motifs is 5. The summed E-state index contributed by atoms with van der Waals surface area (Å²) in [5.74, 6) is -1.58. The third kappa shape index (κ3) is 3.95. The predicted octanol–water partition coefficient (Wildman–Crippen LogP) is 6.22. The first-order valence-corrected chi connectivity index (χ1v) is 11.9. The number of amides is 1. The van der Waals surface area contributed by atoms with E-state index < -0.39 is 23.5 Å². The van der Waals surface area contributed by atoms with Crippen molar-refractivity contribution in [2.24, 2.45) is 7.05 Å². The second kappa shape index (κ2) is 8.36. The van der Waals surface area contributed by atoms with Gasteiger partial charge in [-0.25, -0.2) is 13.8 Å². The smallest absolute Gasteiger partial charge is 0.327 e. The Kier molecular flexibility index (Phi) is 5.32. The van der Waals surface area contributed by atoms with Crippen LogP contribution in [0, 0.1) is 11.6 Å². The van der Waals surface area contributed by atoms with Crippen LogP contribution < -0.4 is 0 Å². The van der Waals surface area contributed by atoms with Crippen molar-refractivity contribution in [3.63, 3.8) is 0 Å². The number of alkyl halides is 3. The lowest BCUT2D eigenvalue weighted by molar-refractivity contribution is -0.140. The third-order valence-electron chi connectivity index (χ3n) is 7.27. The van der Waals surface area contributed by atoms with Crippen LogP contribution in [0.15, 0.2) is 48.5 Å². The van der Waals surface area contributed by atoms with E-state index in [1.807, 2.05) is 4.90 Å². The van der Waals surface area contributed by atoms with E-state index in [0.29, 0.717) is 40.7 Å². The SMILES string of the molecule is Cn1nc2c(c1-c1cc(F)cc(F)c1)C[C@@H]1CCC[C@H]2N1C(=O)c1ccc2nc(C(F)(F)F)ccc2c1. The summed E-state index contributed by atoms with van der Waals surface area (Å²) in [7, 11) is 1.72. The van der Waals surface area contributed by atoms with Crippen LogP contribution in [-0.2, 0) is 19.6 Å². The maximum atomic E-state index is 14.0. The molecular formula is C27H21F5N4O. The number of benzene rings is 2. The topological polar surface area (TPSA) is 51.0 Å². The van der Waals surface area contributed by atoms with Crippen molar-refractivity contribution in [3.8, 4) is 11.3 Å². The number of halogens is 5. The molecule has 0 unspecified atom stereocenters. The number of rotatable bonds is 2. The van der Waals surface area contributed by atoms with Gasteiger partial charge in [0, 0.05) is 41.2 Å². The lowest BCUT2D eigenvalue weighted by Gasteiger charge is -2.45. The summed E-state index contributed by atoms with van der Waals surface area (Å²) < 4.78 is 68.7. The van der Waals surface area contributed by atoms with Crippen molar-refractivity contribution in [1.29, 1.82) is 0 Å². The summed E-state index contributed by atoms with van der Waals surface area (Å²) in [6.45, 7) is 0. The number of nitrogens with zero attached hydrogens (tertiary/aromatic N) is 4. The van der Waals surface area contributed by atoms with Crippen molar-refractivity contribution < 1.29 is 26.7 Å². The van der Waals surface area contributed by atoms with Crippen LogP contribution in [0.25, 0.3) is 22.2 Å². The molecule has 4 heterocycles. The second-order valence-electron chi connectivity index (χ2n) is 9.61. The Hall–Kier alpha value is -3.82. The van der Waals surface area contributed by atoms with Crippen molar-refractivity contribution in [1.82, 2.24) is 19.7 Å². The summed E-state index contributed by atoms with van der Waals surface area (Å²) in [5, 5.41) is 5.12. The molecule has 0 saturated carbocycles. The van der Waals surface area contributed by atoms with Gasteiger partial charge in [-0.15, -0.1) is 0 Å². The Balaban J connectivity index is 1.38. The predicted molar refractivity (Wildman–Crippen MR) is 126 cm³/mol. The minimum Gasteiger partial charge on any atom is -0.327 e. The van der Waals surface area contributed by atoms with Crippen LogP contribution in [0.5, 0.6) is 0 Å². The number of piperidine rings is 1. The molecule has 0 radical (unpaired) electrons.